The second kappa shape index (κ2) is 5.22. The minimum absolute atomic E-state index is 0.0419. The van der Waals surface area contributed by atoms with Gasteiger partial charge >= 0.3 is 0 Å². The maximum absolute atomic E-state index is 13.1. The molecule has 2 rings (SSSR count). The first-order chi connectivity index (χ1) is 8.57. The van der Waals surface area contributed by atoms with Crippen LogP contribution in [0.5, 0.6) is 5.75 Å². The highest BCUT2D eigenvalue weighted by Gasteiger charge is 2.33. The summed E-state index contributed by atoms with van der Waals surface area (Å²) in [5.41, 5.74) is 6.32. The second-order valence-corrected chi connectivity index (χ2v) is 4.97. The summed E-state index contributed by atoms with van der Waals surface area (Å²) in [4.78, 5) is 0. The van der Waals surface area contributed by atoms with Crippen molar-refractivity contribution in [1.29, 1.82) is 0 Å². The largest absolute Gasteiger partial charge is 0.497 e. The average Bonchev–Trinajstić information content (AvgIpc) is 2.38. The van der Waals surface area contributed by atoms with Crippen molar-refractivity contribution in [3.8, 4) is 5.75 Å². The number of halogens is 2. The van der Waals surface area contributed by atoms with Crippen LogP contribution in [0.15, 0.2) is 18.2 Å². The van der Waals surface area contributed by atoms with Crippen molar-refractivity contribution in [1.82, 2.24) is 0 Å². The summed E-state index contributed by atoms with van der Waals surface area (Å²) in [7, 11) is 1.53. The highest BCUT2D eigenvalue weighted by Crippen LogP contribution is 2.40. The van der Waals surface area contributed by atoms with E-state index in [9.17, 15) is 8.78 Å². The van der Waals surface area contributed by atoms with Crippen LogP contribution in [0.25, 0.3) is 0 Å². The number of hydrogen-bond acceptors (Lipinski definition) is 2. The van der Waals surface area contributed by atoms with Gasteiger partial charge in [0.1, 0.15) is 5.75 Å². The Balaban J connectivity index is 2.45. The topological polar surface area (TPSA) is 35.2 Å². The van der Waals surface area contributed by atoms with Gasteiger partial charge in [0.25, 0.3) is 6.43 Å². The molecule has 0 bridgehead atoms. The van der Waals surface area contributed by atoms with Crippen LogP contribution in [0.3, 0.4) is 0 Å². The fourth-order valence-corrected chi connectivity index (χ4v) is 2.74. The standard InChI is InChI=1S/C14H19F2NO/c1-18-10-5-6-11(13(15)16)12(9-10)14(17)7-3-2-4-8-14/h5-6,9,13H,2-4,7-8,17H2,1H3. The van der Waals surface area contributed by atoms with E-state index in [1.165, 1.54) is 13.2 Å². The Kier molecular flexibility index (Phi) is 3.85. The third kappa shape index (κ3) is 2.48. The number of methoxy groups -OCH3 is 1. The van der Waals surface area contributed by atoms with E-state index < -0.39 is 12.0 Å². The number of benzene rings is 1. The minimum Gasteiger partial charge on any atom is -0.497 e. The summed E-state index contributed by atoms with van der Waals surface area (Å²) >= 11 is 0. The normalized spacial score (nSPS) is 18.9. The molecule has 0 unspecified atom stereocenters. The molecule has 0 atom stereocenters. The average molecular weight is 255 g/mol. The van der Waals surface area contributed by atoms with Crippen molar-refractivity contribution in [2.45, 2.75) is 44.1 Å². The van der Waals surface area contributed by atoms with Crippen LogP contribution in [0.4, 0.5) is 8.78 Å². The molecule has 0 aromatic heterocycles. The van der Waals surface area contributed by atoms with Gasteiger partial charge in [-0.25, -0.2) is 8.78 Å². The number of ether oxygens (including phenoxy) is 1. The summed E-state index contributed by atoms with van der Waals surface area (Å²) in [6, 6.07) is 4.67. The van der Waals surface area contributed by atoms with Gasteiger partial charge < -0.3 is 10.5 Å². The lowest BCUT2D eigenvalue weighted by molar-refractivity contribution is 0.146. The molecule has 0 aliphatic heterocycles. The van der Waals surface area contributed by atoms with E-state index in [2.05, 4.69) is 0 Å². The lowest BCUT2D eigenvalue weighted by atomic mass is 9.76. The van der Waals surface area contributed by atoms with Crippen LogP contribution in [-0.4, -0.2) is 7.11 Å². The van der Waals surface area contributed by atoms with Gasteiger partial charge in [-0.3, -0.25) is 0 Å². The van der Waals surface area contributed by atoms with E-state index >= 15 is 0 Å². The zero-order valence-corrected chi connectivity index (χ0v) is 10.6. The van der Waals surface area contributed by atoms with Gasteiger partial charge in [-0.05, 0) is 36.6 Å². The van der Waals surface area contributed by atoms with Crippen LogP contribution in [0, 0.1) is 0 Å². The minimum atomic E-state index is -2.49. The molecule has 1 fully saturated rings. The van der Waals surface area contributed by atoms with E-state index in [0.29, 0.717) is 11.3 Å². The third-order valence-corrected chi connectivity index (χ3v) is 3.78. The number of alkyl halides is 2. The smallest absolute Gasteiger partial charge is 0.264 e. The van der Waals surface area contributed by atoms with Crippen molar-refractivity contribution in [2.24, 2.45) is 5.73 Å². The van der Waals surface area contributed by atoms with Gasteiger partial charge in [-0.15, -0.1) is 0 Å². The number of nitrogens with two attached hydrogens (primary N) is 1. The van der Waals surface area contributed by atoms with Crippen molar-refractivity contribution in [2.75, 3.05) is 7.11 Å². The maximum Gasteiger partial charge on any atom is 0.264 e. The van der Waals surface area contributed by atoms with Crippen LogP contribution >= 0.6 is 0 Å². The predicted molar refractivity (Wildman–Crippen MR) is 66.9 cm³/mol. The molecule has 2 nitrogen and oxygen atoms in total. The van der Waals surface area contributed by atoms with Crippen LogP contribution in [-0.2, 0) is 5.54 Å². The number of rotatable bonds is 3. The fraction of sp³-hybridized carbons (Fsp3) is 0.571. The summed E-state index contributed by atoms with van der Waals surface area (Å²) in [5, 5.41) is 0. The molecule has 18 heavy (non-hydrogen) atoms. The first-order valence-corrected chi connectivity index (χ1v) is 6.32. The Morgan fingerprint density at radius 1 is 1.22 bits per heavy atom. The summed E-state index contributed by atoms with van der Waals surface area (Å²) in [5.74, 6) is 0.588. The van der Waals surface area contributed by atoms with Crippen molar-refractivity contribution < 1.29 is 13.5 Å². The van der Waals surface area contributed by atoms with Crippen LogP contribution in [0.1, 0.15) is 49.7 Å². The SMILES string of the molecule is COc1ccc(C(F)F)c(C2(N)CCCCC2)c1. The highest BCUT2D eigenvalue weighted by molar-refractivity contribution is 5.41. The monoisotopic (exact) mass is 255 g/mol. The lowest BCUT2D eigenvalue weighted by Crippen LogP contribution is -2.39. The van der Waals surface area contributed by atoms with Gasteiger partial charge in [0.2, 0.25) is 0 Å². The van der Waals surface area contributed by atoms with Gasteiger partial charge in [0, 0.05) is 11.1 Å². The van der Waals surface area contributed by atoms with Gasteiger partial charge in [-0.2, -0.15) is 0 Å². The van der Waals surface area contributed by atoms with Crippen molar-refractivity contribution in [3.63, 3.8) is 0 Å². The van der Waals surface area contributed by atoms with Gasteiger partial charge in [0.05, 0.1) is 7.11 Å². The van der Waals surface area contributed by atoms with Crippen molar-refractivity contribution in [3.05, 3.63) is 29.3 Å². The molecule has 0 amide bonds. The molecule has 1 aromatic carbocycles. The fourth-order valence-electron chi connectivity index (χ4n) is 2.74. The van der Waals surface area contributed by atoms with E-state index in [-0.39, 0.29) is 5.56 Å². The number of hydrogen-bond donors (Lipinski definition) is 1. The zero-order chi connectivity index (χ0) is 13.2. The van der Waals surface area contributed by atoms with Crippen molar-refractivity contribution >= 4 is 0 Å². The molecule has 1 aliphatic carbocycles. The molecule has 2 N–H and O–H groups in total. The zero-order valence-electron chi connectivity index (χ0n) is 10.6. The Labute approximate surface area is 106 Å². The van der Waals surface area contributed by atoms with Gasteiger partial charge in [0.15, 0.2) is 0 Å². The highest BCUT2D eigenvalue weighted by atomic mass is 19.3. The van der Waals surface area contributed by atoms with Gasteiger partial charge in [-0.1, -0.05) is 19.3 Å². The molecule has 0 heterocycles. The molecular formula is C14H19F2NO. The molecule has 0 saturated heterocycles. The van der Waals surface area contributed by atoms with Crippen LogP contribution < -0.4 is 10.5 Å². The molecule has 1 saturated carbocycles. The molecule has 1 aromatic rings. The third-order valence-electron chi connectivity index (χ3n) is 3.78. The Hall–Kier alpha value is -1.16. The van der Waals surface area contributed by atoms with E-state index in [1.807, 2.05) is 0 Å². The Morgan fingerprint density at radius 3 is 2.44 bits per heavy atom. The predicted octanol–water partition coefficient (Wildman–Crippen LogP) is 3.75. The molecule has 1 aliphatic rings. The van der Waals surface area contributed by atoms with E-state index in [0.717, 1.165) is 32.1 Å². The quantitative estimate of drug-likeness (QED) is 0.892. The Morgan fingerprint density at radius 2 is 1.89 bits per heavy atom. The Bertz CT molecular complexity index is 414. The maximum atomic E-state index is 13.1. The lowest BCUT2D eigenvalue weighted by Gasteiger charge is -2.35. The first-order valence-electron chi connectivity index (χ1n) is 6.32. The molecule has 4 heteroatoms. The summed E-state index contributed by atoms with van der Waals surface area (Å²) < 4.78 is 31.3. The van der Waals surface area contributed by atoms with E-state index in [4.69, 9.17) is 10.5 Å². The molecule has 0 radical (unpaired) electrons. The summed E-state index contributed by atoms with van der Waals surface area (Å²) in [6.07, 6.45) is 2.16. The molecule has 0 spiro atoms. The molecule has 100 valence electrons. The first kappa shape index (κ1) is 13.3. The van der Waals surface area contributed by atoms with E-state index in [1.54, 1.807) is 12.1 Å². The van der Waals surface area contributed by atoms with Crippen LogP contribution in [0.2, 0.25) is 0 Å². The molecular weight excluding hydrogens is 236 g/mol. The summed E-state index contributed by atoms with van der Waals surface area (Å²) in [6.45, 7) is 0. The second-order valence-electron chi connectivity index (χ2n) is 4.97.